The highest BCUT2D eigenvalue weighted by Crippen LogP contribution is 2.41. The van der Waals surface area contributed by atoms with E-state index in [2.05, 4.69) is 62.4 Å². The van der Waals surface area contributed by atoms with Gasteiger partial charge in [0.1, 0.15) is 11.0 Å². The molecule has 0 bridgehead atoms. The third-order valence-electron chi connectivity index (χ3n) is 3.99. The van der Waals surface area contributed by atoms with Gasteiger partial charge < -0.3 is 0 Å². The molecule has 1 heteroatoms. The molecule has 0 saturated carbocycles. The van der Waals surface area contributed by atoms with E-state index in [0.29, 0.717) is 10.9 Å². The molecule has 0 amide bonds. The van der Waals surface area contributed by atoms with Crippen molar-refractivity contribution in [3.63, 3.8) is 0 Å². The zero-order chi connectivity index (χ0) is 13.2. The van der Waals surface area contributed by atoms with Crippen molar-refractivity contribution < 1.29 is 0 Å². The van der Waals surface area contributed by atoms with E-state index in [-0.39, 0.29) is 0 Å². The molecule has 2 aromatic rings. The van der Waals surface area contributed by atoms with Crippen LogP contribution in [0.1, 0.15) is 34.8 Å². The van der Waals surface area contributed by atoms with E-state index in [9.17, 15) is 0 Å². The maximum atomic E-state index is 2.36. The Morgan fingerprint density at radius 3 is 2.53 bits per heavy atom. The molecule has 0 aliphatic carbocycles. The maximum absolute atomic E-state index is 2.36. The summed E-state index contributed by atoms with van der Waals surface area (Å²) in [4.78, 5) is 1.55. The summed E-state index contributed by atoms with van der Waals surface area (Å²) in [5.74, 6) is 1.36. The van der Waals surface area contributed by atoms with Gasteiger partial charge in [-0.15, -0.1) is 0 Å². The van der Waals surface area contributed by atoms with Crippen LogP contribution in [0.25, 0.3) is 0 Å². The van der Waals surface area contributed by atoms with Gasteiger partial charge in [-0.1, -0.05) is 42.0 Å². The molecule has 19 heavy (non-hydrogen) atoms. The van der Waals surface area contributed by atoms with E-state index < -0.39 is 0 Å². The molecular weight excluding hydrogens is 248 g/mol. The topological polar surface area (TPSA) is 0 Å². The molecule has 1 fully saturated rings. The molecule has 0 radical (unpaired) electrons. The van der Waals surface area contributed by atoms with E-state index in [1.807, 2.05) is 0 Å². The van der Waals surface area contributed by atoms with Crippen molar-refractivity contribution in [3.05, 3.63) is 65.2 Å². The summed E-state index contributed by atoms with van der Waals surface area (Å²) >= 11 is 0. The second kappa shape index (κ2) is 5.42. The van der Waals surface area contributed by atoms with Crippen LogP contribution in [0.2, 0.25) is 0 Å². The zero-order valence-electron chi connectivity index (χ0n) is 11.7. The number of hydrogen-bond donors (Lipinski definition) is 0. The summed E-state index contributed by atoms with van der Waals surface area (Å²) in [5.41, 5.74) is 4.43. The van der Waals surface area contributed by atoms with Gasteiger partial charge in [0.25, 0.3) is 0 Å². The van der Waals surface area contributed by atoms with Gasteiger partial charge in [0.05, 0.1) is 0 Å². The highest BCUT2D eigenvalue weighted by molar-refractivity contribution is 7.97. The van der Waals surface area contributed by atoms with Gasteiger partial charge in [-0.05, 0) is 38.0 Å². The first-order valence-corrected chi connectivity index (χ1v) is 8.53. The largest absolute Gasteiger partial charge is 0.155 e. The molecule has 0 spiro atoms. The minimum atomic E-state index is 0.404. The van der Waals surface area contributed by atoms with Crippen molar-refractivity contribution in [2.75, 3.05) is 5.75 Å². The van der Waals surface area contributed by atoms with Gasteiger partial charge in [0, 0.05) is 22.9 Å². The van der Waals surface area contributed by atoms with E-state index in [0.717, 1.165) is 5.25 Å². The van der Waals surface area contributed by atoms with Crippen molar-refractivity contribution in [3.8, 4) is 0 Å². The molecule has 2 unspecified atom stereocenters. The monoisotopic (exact) mass is 269 g/mol. The van der Waals surface area contributed by atoms with Crippen molar-refractivity contribution in [2.24, 2.45) is 0 Å². The molecule has 1 heterocycles. The van der Waals surface area contributed by atoms with Crippen LogP contribution < -0.4 is 0 Å². The van der Waals surface area contributed by atoms with Crippen molar-refractivity contribution >= 4 is 10.9 Å². The molecule has 0 N–H and O–H groups in total. The highest BCUT2D eigenvalue weighted by Gasteiger charge is 2.39. The number of rotatable bonds is 2. The molecule has 0 nitrogen and oxygen atoms in total. The summed E-state index contributed by atoms with van der Waals surface area (Å²) in [7, 11) is 0.404. The Morgan fingerprint density at radius 2 is 1.79 bits per heavy atom. The molecule has 1 aliphatic heterocycles. The van der Waals surface area contributed by atoms with Crippen molar-refractivity contribution in [1.82, 2.24) is 0 Å². The molecule has 98 valence electrons. The van der Waals surface area contributed by atoms with Crippen LogP contribution in [-0.2, 0) is 10.9 Å². The van der Waals surface area contributed by atoms with Crippen LogP contribution in [0.15, 0.2) is 53.4 Å². The lowest BCUT2D eigenvalue weighted by atomic mass is 10.0. The second-order valence-corrected chi connectivity index (χ2v) is 7.74. The minimum Gasteiger partial charge on any atom is -0.0619 e. The Kier molecular flexibility index (Phi) is 3.65. The normalized spacial score (nSPS) is 22.6. The van der Waals surface area contributed by atoms with Crippen molar-refractivity contribution in [1.29, 1.82) is 0 Å². The molecule has 2 atom stereocenters. The smallest absolute Gasteiger partial charge is 0.0619 e. The van der Waals surface area contributed by atoms with Crippen LogP contribution in [-0.4, -0.2) is 5.75 Å². The van der Waals surface area contributed by atoms with E-state index in [4.69, 9.17) is 0 Å². The maximum Gasteiger partial charge on any atom is 0.155 e. The average Bonchev–Trinajstić information content (AvgIpc) is 2.89. The third kappa shape index (κ3) is 2.57. The molecular formula is C18H21S+. The predicted octanol–water partition coefficient (Wildman–Crippen LogP) is 4.82. The van der Waals surface area contributed by atoms with Crippen LogP contribution in [0.5, 0.6) is 0 Å². The van der Waals surface area contributed by atoms with Crippen LogP contribution in [0, 0.1) is 13.8 Å². The standard InChI is InChI=1S/C18H21S/c1-14-10-11-17(15(2)13-14)18-9-6-12-19(18)16-7-4-3-5-8-16/h3-5,7-8,10-11,13,18H,6,9,12H2,1-2H3/q+1. The van der Waals surface area contributed by atoms with Gasteiger partial charge in [-0.3, -0.25) is 0 Å². The number of hydrogen-bond acceptors (Lipinski definition) is 0. The Balaban J connectivity index is 1.95. The lowest BCUT2D eigenvalue weighted by Gasteiger charge is -2.14. The Labute approximate surface area is 119 Å². The summed E-state index contributed by atoms with van der Waals surface area (Å²) in [6.07, 6.45) is 2.72. The predicted molar refractivity (Wildman–Crippen MR) is 84.8 cm³/mol. The summed E-state index contributed by atoms with van der Waals surface area (Å²) in [5, 5.41) is 0.739. The van der Waals surface area contributed by atoms with Crippen LogP contribution in [0.4, 0.5) is 0 Å². The van der Waals surface area contributed by atoms with E-state index >= 15 is 0 Å². The Morgan fingerprint density at radius 1 is 1.00 bits per heavy atom. The van der Waals surface area contributed by atoms with Gasteiger partial charge in [0.15, 0.2) is 4.90 Å². The lowest BCUT2D eigenvalue weighted by molar-refractivity contribution is 0.822. The second-order valence-electron chi connectivity index (χ2n) is 5.44. The first-order valence-electron chi connectivity index (χ1n) is 7.07. The summed E-state index contributed by atoms with van der Waals surface area (Å²) in [6.45, 7) is 4.45. The van der Waals surface area contributed by atoms with Crippen molar-refractivity contribution in [2.45, 2.75) is 36.8 Å². The fraction of sp³-hybridized carbons (Fsp3) is 0.333. The number of aryl methyl sites for hydroxylation is 2. The van der Waals surface area contributed by atoms with E-state index in [1.54, 1.807) is 10.5 Å². The third-order valence-corrected chi connectivity index (χ3v) is 6.77. The SMILES string of the molecule is Cc1ccc(C2CCC[S+]2c2ccccc2)c(C)c1. The Bertz CT molecular complexity index is 559. The van der Waals surface area contributed by atoms with Gasteiger partial charge in [0.2, 0.25) is 0 Å². The molecule has 1 saturated heterocycles. The fourth-order valence-electron chi connectivity index (χ4n) is 3.08. The lowest BCUT2D eigenvalue weighted by Crippen LogP contribution is -2.11. The quantitative estimate of drug-likeness (QED) is 0.686. The van der Waals surface area contributed by atoms with E-state index in [1.165, 1.54) is 29.7 Å². The number of benzene rings is 2. The molecule has 3 rings (SSSR count). The minimum absolute atomic E-state index is 0.404. The highest BCUT2D eigenvalue weighted by atomic mass is 32.2. The first-order chi connectivity index (χ1) is 9.25. The van der Waals surface area contributed by atoms with Gasteiger partial charge in [-0.25, -0.2) is 0 Å². The first kappa shape index (κ1) is 12.8. The van der Waals surface area contributed by atoms with Crippen LogP contribution in [0.3, 0.4) is 0 Å². The Hall–Kier alpha value is -1.21. The molecule has 1 aliphatic rings. The molecule has 0 aromatic heterocycles. The summed E-state index contributed by atoms with van der Waals surface area (Å²) in [6, 6.07) is 18.1. The summed E-state index contributed by atoms with van der Waals surface area (Å²) < 4.78 is 0. The van der Waals surface area contributed by atoms with Crippen LogP contribution >= 0.6 is 0 Å². The fourth-order valence-corrected chi connectivity index (χ4v) is 5.94. The van der Waals surface area contributed by atoms with Gasteiger partial charge >= 0.3 is 0 Å². The van der Waals surface area contributed by atoms with Gasteiger partial charge in [-0.2, -0.15) is 0 Å². The molecule has 2 aromatic carbocycles. The zero-order valence-corrected chi connectivity index (χ0v) is 12.5. The average molecular weight is 269 g/mol.